The van der Waals surface area contributed by atoms with Crippen molar-refractivity contribution in [3.05, 3.63) is 29.8 Å². The van der Waals surface area contributed by atoms with Gasteiger partial charge in [-0.05, 0) is 25.0 Å². The third-order valence-corrected chi connectivity index (χ3v) is 6.03. The molecule has 1 amide bonds. The number of nitrogens with one attached hydrogen (secondary N) is 1. The van der Waals surface area contributed by atoms with E-state index in [9.17, 15) is 18.0 Å². The van der Waals surface area contributed by atoms with E-state index in [1.807, 2.05) is 0 Å². The first-order valence-electron chi connectivity index (χ1n) is 8.07. The molecule has 1 atom stereocenters. The number of rotatable bonds is 6. The topological polar surface area (TPSA) is 119 Å². The summed E-state index contributed by atoms with van der Waals surface area (Å²) in [5, 5.41) is 2.69. The van der Waals surface area contributed by atoms with Gasteiger partial charge in [0, 0.05) is 26.2 Å². The Balaban J connectivity index is 2.25. The van der Waals surface area contributed by atoms with Gasteiger partial charge in [0.25, 0.3) is 0 Å². The van der Waals surface area contributed by atoms with Gasteiger partial charge in [-0.15, -0.1) is 0 Å². The predicted octanol–water partition coefficient (Wildman–Crippen LogP) is -0.0512. The van der Waals surface area contributed by atoms with Crippen LogP contribution in [0.15, 0.2) is 29.2 Å². The summed E-state index contributed by atoms with van der Waals surface area (Å²) < 4.78 is 31.9. The van der Waals surface area contributed by atoms with Crippen LogP contribution >= 0.6 is 0 Å². The third-order valence-electron chi connectivity index (χ3n) is 4.11. The van der Waals surface area contributed by atoms with Gasteiger partial charge in [0.05, 0.1) is 23.5 Å². The summed E-state index contributed by atoms with van der Waals surface area (Å²) in [5.74, 6) is -1.35. The van der Waals surface area contributed by atoms with Crippen LogP contribution in [0.2, 0.25) is 0 Å². The smallest absolute Gasteiger partial charge is 0.339 e. The zero-order valence-electron chi connectivity index (χ0n) is 14.1. The number of carbonyl (C=O) groups is 2. The molecule has 0 saturated carbocycles. The molecule has 0 radical (unpaired) electrons. The van der Waals surface area contributed by atoms with E-state index in [1.54, 1.807) is 12.1 Å². The molecule has 1 heterocycles. The first-order chi connectivity index (χ1) is 11.9. The van der Waals surface area contributed by atoms with Crippen LogP contribution in [0.25, 0.3) is 0 Å². The number of methoxy groups -OCH3 is 1. The van der Waals surface area contributed by atoms with Gasteiger partial charge in [0.1, 0.15) is 0 Å². The molecule has 138 valence electrons. The molecule has 1 unspecified atom stereocenters. The average molecular weight is 369 g/mol. The van der Waals surface area contributed by atoms with Crippen LogP contribution in [-0.2, 0) is 19.6 Å². The van der Waals surface area contributed by atoms with Crippen molar-refractivity contribution in [2.45, 2.75) is 17.7 Å². The van der Waals surface area contributed by atoms with Crippen LogP contribution in [0.3, 0.4) is 0 Å². The summed E-state index contributed by atoms with van der Waals surface area (Å²) >= 11 is 0. The van der Waals surface area contributed by atoms with Crippen LogP contribution < -0.4 is 11.1 Å². The van der Waals surface area contributed by atoms with E-state index in [1.165, 1.54) is 23.5 Å². The minimum absolute atomic E-state index is 0.0142. The summed E-state index contributed by atoms with van der Waals surface area (Å²) in [4.78, 5) is 23.9. The van der Waals surface area contributed by atoms with Crippen LogP contribution in [0.1, 0.15) is 23.2 Å². The number of sulfonamides is 1. The Morgan fingerprint density at radius 1 is 1.36 bits per heavy atom. The van der Waals surface area contributed by atoms with Gasteiger partial charge in [0.15, 0.2) is 0 Å². The zero-order chi connectivity index (χ0) is 18.4. The molecule has 0 spiro atoms. The molecule has 0 aliphatic carbocycles. The summed E-state index contributed by atoms with van der Waals surface area (Å²) in [5.41, 5.74) is 5.36. The average Bonchev–Trinajstić information content (AvgIpc) is 2.65. The van der Waals surface area contributed by atoms with E-state index in [0.717, 1.165) is 0 Å². The summed E-state index contributed by atoms with van der Waals surface area (Å²) in [6.45, 7) is 1.06. The highest BCUT2D eigenvalue weighted by molar-refractivity contribution is 7.89. The second-order valence-electron chi connectivity index (χ2n) is 5.77. The Hall–Kier alpha value is -1.97. The van der Waals surface area contributed by atoms with Gasteiger partial charge in [0.2, 0.25) is 15.9 Å². The quantitative estimate of drug-likeness (QED) is 0.679. The van der Waals surface area contributed by atoms with Gasteiger partial charge in [-0.25, -0.2) is 13.2 Å². The minimum Gasteiger partial charge on any atom is -0.465 e. The van der Waals surface area contributed by atoms with Gasteiger partial charge < -0.3 is 15.8 Å². The summed E-state index contributed by atoms with van der Waals surface area (Å²) in [6, 6.07) is 5.91. The van der Waals surface area contributed by atoms with Crippen LogP contribution in [-0.4, -0.2) is 57.9 Å². The number of nitrogens with zero attached hydrogens (tertiary/aromatic N) is 1. The molecule has 1 fully saturated rings. The molecule has 0 aromatic heterocycles. The standard InChI is InChI=1S/C16H23N3O5S/c1-24-16(21)13-6-2-3-7-14(13)25(22,23)19-10-4-5-12(11-19)15(20)18-9-8-17/h2-3,6-7,12H,4-5,8-11,17H2,1H3,(H,18,20). The Kier molecular flexibility index (Phi) is 6.51. The van der Waals surface area contributed by atoms with E-state index in [-0.39, 0.29) is 22.9 Å². The lowest BCUT2D eigenvalue weighted by Crippen LogP contribution is -2.46. The zero-order valence-corrected chi connectivity index (χ0v) is 14.9. The predicted molar refractivity (Wildman–Crippen MR) is 91.3 cm³/mol. The number of carbonyl (C=O) groups excluding carboxylic acids is 2. The van der Waals surface area contributed by atoms with Crippen LogP contribution in [0.5, 0.6) is 0 Å². The van der Waals surface area contributed by atoms with E-state index >= 15 is 0 Å². The maximum Gasteiger partial charge on any atom is 0.339 e. The fourth-order valence-corrected chi connectivity index (χ4v) is 4.53. The van der Waals surface area contributed by atoms with Crippen molar-refractivity contribution in [1.29, 1.82) is 0 Å². The molecule has 8 nitrogen and oxygen atoms in total. The van der Waals surface area contributed by atoms with E-state index in [4.69, 9.17) is 5.73 Å². The second-order valence-corrected chi connectivity index (χ2v) is 7.68. The summed E-state index contributed by atoms with van der Waals surface area (Å²) in [7, 11) is -2.71. The van der Waals surface area contributed by atoms with Crippen molar-refractivity contribution in [2.24, 2.45) is 11.7 Å². The van der Waals surface area contributed by atoms with Gasteiger partial charge >= 0.3 is 5.97 Å². The van der Waals surface area contributed by atoms with Crippen molar-refractivity contribution < 1.29 is 22.7 Å². The number of piperidine rings is 1. The van der Waals surface area contributed by atoms with Crippen molar-refractivity contribution in [3.8, 4) is 0 Å². The van der Waals surface area contributed by atoms with Gasteiger partial charge in [-0.3, -0.25) is 4.79 Å². The van der Waals surface area contributed by atoms with Crippen molar-refractivity contribution >= 4 is 21.9 Å². The van der Waals surface area contributed by atoms with E-state index < -0.39 is 21.9 Å². The molecular weight excluding hydrogens is 346 g/mol. The first kappa shape index (κ1) is 19.4. The third kappa shape index (κ3) is 4.36. The second kappa shape index (κ2) is 8.41. The Morgan fingerprint density at radius 3 is 2.76 bits per heavy atom. The normalized spacial score (nSPS) is 18.6. The molecule has 1 aromatic rings. The Morgan fingerprint density at radius 2 is 2.08 bits per heavy atom. The molecule has 9 heteroatoms. The number of amides is 1. The van der Waals surface area contributed by atoms with Crippen LogP contribution in [0.4, 0.5) is 0 Å². The number of ether oxygens (including phenoxy) is 1. The molecule has 1 aliphatic rings. The van der Waals surface area contributed by atoms with Crippen LogP contribution in [0, 0.1) is 5.92 Å². The van der Waals surface area contributed by atoms with E-state index in [0.29, 0.717) is 32.5 Å². The SMILES string of the molecule is COC(=O)c1ccccc1S(=O)(=O)N1CCCC(C(=O)NCCN)C1. The first-order valence-corrected chi connectivity index (χ1v) is 9.51. The number of esters is 1. The Labute approximate surface area is 147 Å². The lowest BCUT2D eigenvalue weighted by Gasteiger charge is -2.31. The number of hydrogen-bond acceptors (Lipinski definition) is 6. The number of benzene rings is 1. The highest BCUT2D eigenvalue weighted by atomic mass is 32.2. The lowest BCUT2D eigenvalue weighted by atomic mass is 9.99. The molecule has 2 rings (SSSR count). The number of hydrogen-bond donors (Lipinski definition) is 2. The van der Waals surface area contributed by atoms with Crippen molar-refractivity contribution in [3.63, 3.8) is 0 Å². The van der Waals surface area contributed by atoms with E-state index in [2.05, 4.69) is 10.1 Å². The Bertz CT molecular complexity index is 735. The molecular formula is C16H23N3O5S. The maximum atomic E-state index is 13.0. The molecule has 0 bridgehead atoms. The highest BCUT2D eigenvalue weighted by Gasteiger charge is 2.35. The maximum absolute atomic E-state index is 13.0. The molecule has 25 heavy (non-hydrogen) atoms. The number of nitrogens with two attached hydrogens (primary N) is 1. The van der Waals surface area contributed by atoms with Gasteiger partial charge in [-0.2, -0.15) is 4.31 Å². The highest BCUT2D eigenvalue weighted by Crippen LogP contribution is 2.26. The monoisotopic (exact) mass is 369 g/mol. The lowest BCUT2D eigenvalue weighted by molar-refractivity contribution is -0.126. The minimum atomic E-state index is -3.91. The van der Waals surface area contributed by atoms with Gasteiger partial charge in [-0.1, -0.05) is 12.1 Å². The molecule has 1 saturated heterocycles. The fourth-order valence-electron chi connectivity index (χ4n) is 2.82. The largest absolute Gasteiger partial charge is 0.465 e. The molecule has 1 aromatic carbocycles. The summed E-state index contributed by atoms with van der Waals surface area (Å²) in [6.07, 6.45) is 1.18. The molecule has 1 aliphatic heterocycles. The fraction of sp³-hybridized carbons (Fsp3) is 0.500. The van der Waals surface area contributed by atoms with Crippen molar-refractivity contribution in [1.82, 2.24) is 9.62 Å². The van der Waals surface area contributed by atoms with Crippen molar-refractivity contribution in [2.75, 3.05) is 33.3 Å². The molecule has 3 N–H and O–H groups in total.